The number of hydrogen-bond acceptors (Lipinski definition) is 3. The lowest BCUT2D eigenvalue weighted by Gasteiger charge is -2.40. The topological polar surface area (TPSA) is 52.6 Å². The summed E-state index contributed by atoms with van der Waals surface area (Å²) in [4.78, 5) is 14.8. The molecule has 4 heteroatoms. The van der Waals surface area contributed by atoms with Crippen LogP contribution in [0.2, 0.25) is 0 Å². The number of likely N-dealkylation sites (tertiary alicyclic amines) is 1. The fourth-order valence-electron chi connectivity index (χ4n) is 3.45. The maximum Gasteiger partial charge on any atom is 0.230 e. The van der Waals surface area contributed by atoms with Gasteiger partial charge in [0.2, 0.25) is 5.91 Å². The van der Waals surface area contributed by atoms with Gasteiger partial charge in [0.25, 0.3) is 0 Å². The summed E-state index contributed by atoms with van der Waals surface area (Å²) in [6, 6.07) is 0.0304. The minimum absolute atomic E-state index is 0.0304. The molecule has 2 saturated heterocycles. The molecule has 0 aromatic heterocycles. The van der Waals surface area contributed by atoms with Gasteiger partial charge < -0.3 is 15.3 Å². The van der Waals surface area contributed by atoms with Crippen LogP contribution in [0, 0.1) is 11.3 Å². The van der Waals surface area contributed by atoms with E-state index in [0.717, 1.165) is 45.3 Å². The Balaban J connectivity index is 2.13. The summed E-state index contributed by atoms with van der Waals surface area (Å²) in [5.41, 5.74) is -0.226. The SMILES string of the molecule is CCC1(C(=O)N2CCC(C)C2CO)CCCNC1. The Morgan fingerprint density at radius 1 is 1.56 bits per heavy atom. The molecule has 0 aliphatic carbocycles. The molecule has 0 bridgehead atoms. The van der Waals surface area contributed by atoms with Gasteiger partial charge in [0.1, 0.15) is 0 Å². The first-order valence-electron chi connectivity index (χ1n) is 7.27. The third-order valence-electron chi connectivity index (χ3n) is 4.93. The van der Waals surface area contributed by atoms with Gasteiger partial charge in [-0.1, -0.05) is 13.8 Å². The number of aliphatic hydroxyl groups is 1. The normalized spacial score (nSPS) is 36.9. The molecule has 104 valence electrons. The number of aliphatic hydroxyl groups excluding tert-OH is 1. The molecule has 0 radical (unpaired) electrons. The highest BCUT2D eigenvalue weighted by Crippen LogP contribution is 2.36. The van der Waals surface area contributed by atoms with Crippen molar-refractivity contribution in [2.45, 2.75) is 45.6 Å². The van der Waals surface area contributed by atoms with Crippen LogP contribution in [0.1, 0.15) is 39.5 Å². The first-order chi connectivity index (χ1) is 8.64. The lowest BCUT2D eigenvalue weighted by molar-refractivity contribution is -0.145. The van der Waals surface area contributed by atoms with Gasteiger partial charge in [-0.15, -0.1) is 0 Å². The molecule has 1 amide bonds. The van der Waals surface area contributed by atoms with Gasteiger partial charge in [-0.25, -0.2) is 0 Å². The third-order valence-corrected chi connectivity index (χ3v) is 4.93. The molecule has 0 spiro atoms. The van der Waals surface area contributed by atoms with Gasteiger partial charge >= 0.3 is 0 Å². The van der Waals surface area contributed by atoms with Crippen LogP contribution in [0.3, 0.4) is 0 Å². The zero-order valence-corrected chi connectivity index (χ0v) is 11.6. The van der Waals surface area contributed by atoms with E-state index in [4.69, 9.17) is 0 Å². The van der Waals surface area contributed by atoms with Crippen LogP contribution in [0.25, 0.3) is 0 Å². The van der Waals surface area contributed by atoms with E-state index in [9.17, 15) is 9.90 Å². The van der Waals surface area contributed by atoms with E-state index in [1.165, 1.54) is 0 Å². The molecule has 0 saturated carbocycles. The average molecular weight is 254 g/mol. The lowest BCUT2D eigenvalue weighted by atomic mass is 9.77. The van der Waals surface area contributed by atoms with Gasteiger partial charge in [0, 0.05) is 13.1 Å². The van der Waals surface area contributed by atoms with E-state index in [-0.39, 0.29) is 24.0 Å². The predicted octanol–water partition coefficient (Wildman–Crippen LogP) is 0.996. The molecule has 18 heavy (non-hydrogen) atoms. The highest BCUT2D eigenvalue weighted by molar-refractivity contribution is 5.83. The second-order valence-corrected chi connectivity index (χ2v) is 5.93. The van der Waals surface area contributed by atoms with Gasteiger partial charge in [-0.05, 0) is 38.1 Å². The summed E-state index contributed by atoms with van der Waals surface area (Å²) in [5, 5.41) is 12.9. The molecule has 0 aromatic rings. The van der Waals surface area contributed by atoms with Gasteiger partial charge in [0.05, 0.1) is 18.1 Å². The molecule has 2 aliphatic rings. The van der Waals surface area contributed by atoms with E-state index in [1.54, 1.807) is 0 Å². The largest absolute Gasteiger partial charge is 0.394 e. The highest BCUT2D eigenvalue weighted by atomic mass is 16.3. The number of carbonyl (C=O) groups excluding carboxylic acids is 1. The van der Waals surface area contributed by atoms with Crippen LogP contribution in [-0.2, 0) is 4.79 Å². The summed E-state index contributed by atoms with van der Waals surface area (Å²) >= 11 is 0. The van der Waals surface area contributed by atoms with Crippen molar-refractivity contribution in [1.29, 1.82) is 0 Å². The van der Waals surface area contributed by atoms with Crippen molar-refractivity contribution in [3.8, 4) is 0 Å². The van der Waals surface area contributed by atoms with Gasteiger partial charge in [-0.3, -0.25) is 4.79 Å². The average Bonchev–Trinajstić information content (AvgIpc) is 2.79. The van der Waals surface area contributed by atoms with E-state index < -0.39 is 0 Å². The van der Waals surface area contributed by atoms with Crippen molar-refractivity contribution in [2.24, 2.45) is 11.3 Å². The Morgan fingerprint density at radius 2 is 2.33 bits per heavy atom. The lowest BCUT2D eigenvalue weighted by Crippen LogP contribution is -2.53. The Labute approximate surface area is 110 Å². The second-order valence-electron chi connectivity index (χ2n) is 5.93. The predicted molar refractivity (Wildman–Crippen MR) is 71.2 cm³/mol. The number of rotatable bonds is 3. The van der Waals surface area contributed by atoms with Crippen LogP contribution in [0.4, 0.5) is 0 Å². The quantitative estimate of drug-likeness (QED) is 0.790. The molecule has 2 rings (SSSR count). The van der Waals surface area contributed by atoms with Crippen molar-refractivity contribution in [1.82, 2.24) is 10.2 Å². The van der Waals surface area contributed by atoms with E-state index in [0.29, 0.717) is 5.92 Å². The third kappa shape index (κ3) is 2.28. The Hall–Kier alpha value is -0.610. The number of piperidine rings is 1. The molecule has 2 heterocycles. The van der Waals surface area contributed by atoms with Crippen molar-refractivity contribution in [3.63, 3.8) is 0 Å². The maximum atomic E-state index is 12.8. The molecular formula is C14H26N2O2. The van der Waals surface area contributed by atoms with Gasteiger partial charge in [0.15, 0.2) is 0 Å². The van der Waals surface area contributed by atoms with E-state index in [1.807, 2.05) is 4.90 Å². The van der Waals surface area contributed by atoms with Crippen LogP contribution < -0.4 is 5.32 Å². The minimum atomic E-state index is -0.226. The number of nitrogens with one attached hydrogen (secondary N) is 1. The number of hydrogen-bond donors (Lipinski definition) is 2. The highest BCUT2D eigenvalue weighted by Gasteiger charge is 2.45. The number of amides is 1. The van der Waals surface area contributed by atoms with Crippen LogP contribution in [0.5, 0.6) is 0 Å². The molecule has 4 nitrogen and oxygen atoms in total. The zero-order chi connectivity index (χ0) is 13.2. The fraction of sp³-hybridized carbons (Fsp3) is 0.929. The summed E-state index contributed by atoms with van der Waals surface area (Å²) in [6.07, 6.45) is 3.97. The van der Waals surface area contributed by atoms with Gasteiger partial charge in [-0.2, -0.15) is 0 Å². The number of carbonyl (C=O) groups is 1. The summed E-state index contributed by atoms with van der Waals surface area (Å²) in [7, 11) is 0. The Bertz CT molecular complexity index is 300. The Morgan fingerprint density at radius 3 is 2.89 bits per heavy atom. The molecule has 3 atom stereocenters. The zero-order valence-electron chi connectivity index (χ0n) is 11.6. The minimum Gasteiger partial charge on any atom is -0.394 e. The first-order valence-corrected chi connectivity index (χ1v) is 7.27. The molecule has 3 unspecified atom stereocenters. The van der Waals surface area contributed by atoms with E-state index in [2.05, 4.69) is 19.2 Å². The molecule has 2 N–H and O–H groups in total. The van der Waals surface area contributed by atoms with Crippen LogP contribution in [0.15, 0.2) is 0 Å². The van der Waals surface area contributed by atoms with Crippen molar-refractivity contribution in [2.75, 3.05) is 26.2 Å². The Kier molecular flexibility index (Phi) is 4.28. The molecule has 2 aliphatic heterocycles. The molecule has 2 fully saturated rings. The van der Waals surface area contributed by atoms with E-state index >= 15 is 0 Å². The smallest absolute Gasteiger partial charge is 0.230 e. The maximum absolute atomic E-state index is 12.8. The summed E-state index contributed by atoms with van der Waals surface area (Å²) in [5.74, 6) is 0.685. The molecule has 0 aromatic carbocycles. The second kappa shape index (κ2) is 5.57. The van der Waals surface area contributed by atoms with Crippen molar-refractivity contribution >= 4 is 5.91 Å². The van der Waals surface area contributed by atoms with Crippen LogP contribution in [-0.4, -0.2) is 48.2 Å². The number of nitrogens with zero attached hydrogens (tertiary/aromatic N) is 1. The monoisotopic (exact) mass is 254 g/mol. The molecular weight excluding hydrogens is 228 g/mol. The fourth-order valence-corrected chi connectivity index (χ4v) is 3.45. The summed E-state index contributed by atoms with van der Waals surface area (Å²) < 4.78 is 0. The first kappa shape index (κ1) is 13.8. The van der Waals surface area contributed by atoms with Crippen molar-refractivity contribution < 1.29 is 9.90 Å². The summed E-state index contributed by atoms with van der Waals surface area (Å²) in [6.45, 7) is 6.97. The standard InChI is InChI=1S/C14H26N2O2/c1-3-14(6-4-7-15-10-14)13(18)16-8-5-11(2)12(16)9-17/h11-12,15,17H,3-10H2,1-2H3. The van der Waals surface area contributed by atoms with Crippen molar-refractivity contribution in [3.05, 3.63) is 0 Å². The van der Waals surface area contributed by atoms with Crippen LogP contribution >= 0.6 is 0 Å².